The van der Waals surface area contributed by atoms with Gasteiger partial charge >= 0.3 is 11.9 Å². The van der Waals surface area contributed by atoms with Gasteiger partial charge in [-0.15, -0.1) is 0 Å². The van der Waals surface area contributed by atoms with Crippen molar-refractivity contribution in [2.24, 2.45) is 0 Å². The van der Waals surface area contributed by atoms with Crippen molar-refractivity contribution < 1.29 is 48.2 Å². The van der Waals surface area contributed by atoms with E-state index in [2.05, 4.69) is 10.6 Å². The first-order chi connectivity index (χ1) is 29.8. The zero-order valence-electron chi connectivity index (χ0n) is 33.2. The first kappa shape index (κ1) is 42.1. The van der Waals surface area contributed by atoms with Gasteiger partial charge in [0.25, 0.3) is 11.8 Å². The van der Waals surface area contributed by atoms with Gasteiger partial charge < -0.3 is 34.9 Å². The Hall–Kier alpha value is -8.08. The molecule has 13 heteroatoms. The monoisotopic (exact) mass is 844 g/mol. The molecule has 0 bridgehead atoms. The number of hydrogen-bond acceptors (Lipinski definition) is 8. The van der Waals surface area contributed by atoms with Gasteiger partial charge in [0.15, 0.2) is 12.9 Å². The van der Waals surface area contributed by atoms with Crippen LogP contribution in [0.2, 0.25) is 0 Å². The first-order valence-electron chi connectivity index (χ1n) is 19.1. The molecular weight excluding hydrogens is 808 g/mol. The van der Waals surface area contributed by atoms with Gasteiger partial charge in [-0.1, -0.05) is 90.5 Å². The molecule has 12 nitrogen and oxygen atoms in total. The first-order valence-corrected chi connectivity index (χ1v) is 20.8. The highest BCUT2D eigenvalue weighted by Crippen LogP contribution is 2.47. The summed E-state index contributed by atoms with van der Waals surface area (Å²) in [4.78, 5) is 63.5. The Morgan fingerprint density at radius 3 is 1.52 bits per heavy atom. The Labute approximate surface area is 355 Å². The van der Waals surface area contributed by atoms with Crippen LogP contribution in [0.5, 0.6) is 23.0 Å². The molecule has 0 aromatic heterocycles. The average Bonchev–Trinajstić information content (AvgIpc) is 3.30. The van der Waals surface area contributed by atoms with E-state index in [4.69, 9.17) is 9.47 Å². The number of nitrogens with one attached hydrogen (secondary N) is 2. The number of rotatable bonds is 14. The fraction of sp³-hybridized carbons (Fsp3) is 0.0408. The normalized spacial score (nSPS) is 10.9. The number of amides is 2. The van der Waals surface area contributed by atoms with E-state index in [9.17, 15) is 34.2 Å². The smallest absolute Gasteiger partial charge is 0.336 e. The number of anilines is 1. The second-order valence-corrected chi connectivity index (χ2v) is 16.7. The van der Waals surface area contributed by atoms with E-state index in [0.717, 1.165) is 29.8 Å². The summed E-state index contributed by atoms with van der Waals surface area (Å²) < 4.78 is 28.3. The summed E-state index contributed by atoms with van der Waals surface area (Å²) in [7, 11) is -2.27. The van der Waals surface area contributed by atoms with Gasteiger partial charge in [0.1, 0.15) is 23.0 Å². The van der Waals surface area contributed by atoms with E-state index in [1.807, 2.05) is 91.9 Å². The Kier molecular flexibility index (Phi) is 12.2. The summed E-state index contributed by atoms with van der Waals surface area (Å²) in [6.45, 7) is 1.98. The molecule has 2 amide bonds. The van der Waals surface area contributed by atoms with Gasteiger partial charge in [0.2, 0.25) is 0 Å². The minimum absolute atomic E-state index is 0.0564. The van der Waals surface area contributed by atoms with Crippen LogP contribution in [0.3, 0.4) is 0 Å². The number of aromatic carboxylic acids is 2. The highest BCUT2D eigenvalue weighted by molar-refractivity contribution is 7.85. The zero-order chi connectivity index (χ0) is 44.0. The van der Waals surface area contributed by atoms with E-state index in [1.165, 1.54) is 31.3 Å². The molecule has 0 aliphatic rings. The molecule has 0 aliphatic heterocycles. The fourth-order valence-electron chi connectivity index (χ4n) is 6.69. The van der Waals surface area contributed by atoms with E-state index < -0.39 is 36.7 Å². The van der Waals surface area contributed by atoms with Crippen molar-refractivity contribution in [1.82, 2.24) is 5.32 Å². The predicted octanol–water partition coefficient (Wildman–Crippen LogP) is 8.46. The largest absolute Gasteiger partial charge is 0.478 e. The van der Waals surface area contributed by atoms with Crippen LogP contribution in [0.15, 0.2) is 164 Å². The minimum atomic E-state index is -3.59. The van der Waals surface area contributed by atoms with Gasteiger partial charge in [-0.25, -0.2) is 9.59 Å². The average molecular weight is 845 g/mol. The van der Waals surface area contributed by atoms with Crippen molar-refractivity contribution in [2.45, 2.75) is 6.92 Å². The van der Waals surface area contributed by atoms with Crippen LogP contribution in [0.1, 0.15) is 62.9 Å². The van der Waals surface area contributed by atoms with Crippen LogP contribution < -0.4 is 36.0 Å². The Bertz CT molecular complexity index is 2860. The topological polar surface area (TPSA) is 185 Å². The molecule has 0 unspecified atom stereocenters. The van der Waals surface area contributed by atoms with Crippen LogP contribution in [0, 0.1) is 6.92 Å². The Morgan fingerprint density at radius 1 is 0.516 bits per heavy atom. The van der Waals surface area contributed by atoms with Crippen LogP contribution in [0.4, 0.5) is 5.69 Å². The number of aryl methyl sites for hydroxylation is 1. The Morgan fingerprint density at radius 2 is 1.00 bits per heavy atom. The van der Waals surface area contributed by atoms with Crippen molar-refractivity contribution in [2.75, 3.05) is 12.4 Å². The summed E-state index contributed by atoms with van der Waals surface area (Å²) in [6.07, 6.45) is 0. The molecule has 4 N–H and O–H groups in total. The van der Waals surface area contributed by atoms with E-state index >= 15 is 4.57 Å². The van der Waals surface area contributed by atoms with Gasteiger partial charge in [-0.3, -0.25) is 14.4 Å². The Balaban J connectivity index is 1.18. The maximum atomic E-state index is 15.6. The third-order valence-electron chi connectivity index (χ3n) is 9.85. The number of carboxylic acids is 2. The molecule has 7 aromatic carbocycles. The third kappa shape index (κ3) is 8.91. The van der Waals surface area contributed by atoms with Gasteiger partial charge in [-0.05, 0) is 85.8 Å². The fourth-order valence-corrected chi connectivity index (χ4v) is 9.47. The molecule has 0 atom stereocenters. The SMILES string of the molecule is CNC(=O)c1cc(C(=O)c2ccc(C(=O)O)c(C(=O)Nc3ccc(Oc4ccc(Oc5ccc(C)cc5)cc4P(=O)(c4ccccc4)c4ccccc4)cc3)c2)ccc1C(=O)O. The molecule has 0 radical (unpaired) electrons. The lowest BCUT2D eigenvalue weighted by Gasteiger charge is -2.23. The van der Waals surface area contributed by atoms with E-state index in [-0.39, 0.29) is 39.1 Å². The summed E-state index contributed by atoms with van der Waals surface area (Å²) in [5.41, 5.74) is -0.0823. The quantitative estimate of drug-likeness (QED) is 0.0612. The molecule has 308 valence electrons. The van der Waals surface area contributed by atoms with E-state index in [0.29, 0.717) is 38.9 Å². The van der Waals surface area contributed by atoms with Crippen molar-refractivity contribution in [3.63, 3.8) is 0 Å². The number of ketones is 1. The maximum Gasteiger partial charge on any atom is 0.336 e. The van der Waals surface area contributed by atoms with E-state index in [1.54, 1.807) is 30.3 Å². The number of ether oxygens (including phenoxy) is 2. The molecule has 0 fully saturated rings. The number of carbonyl (C=O) groups excluding carboxylic acids is 3. The molecule has 0 heterocycles. The molecular formula is C49H37N2O10P. The van der Waals surface area contributed by atoms with Gasteiger partial charge in [0.05, 0.1) is 27.6 Å². The number of carbonyl (C=O) groups is 5. The third-order valence-corrected chi connectivity index (χ3v) is 12.9. The lowest BCUT2D eigenvalue weighted by molar-refractivity contribution is 0.0683. The van der Waals surface area contributed by atoms with Crippen molar-refractivity contribution >= 4 is 58.3 Å². The van der Waals surface area contributed by atoms with Crippen LogP contribution in [0.25, 0.3) is 0 Å². The number of carboxylic acid groups (broad SMARTS) is 2. The maximum absolute atomic E-state index is 15.6. The standard InChI is InChI=1S/C49H37N2O10P/c1-30-13-19-34(20-14-30)60-36-23-26-43(44(29-36)62(59,37-9-5-3-6-10-37)38-11-7-4-8-12-38)61-35-21-17-33(18-22-35)51-47(54)42-28-32(16-25-40(42)49(57)58)45(52)31-15-24-39(48(55)56)41(27-31)46(53)50-2/h3-29H,1-2H3,(H,50,53)(H,51,54)(H,55,56)(H,57,58). The number of benzene rings is 7. The molecule has 0 aliphatic carbocycles. The highest BCUT2D eigenvalue weighted by Gasteiger charge is 2.34. The summed E-state index contributed by atoms with van der Waals surface area (Å²) in [6, 6.07) is 44.1. The van der Waals surface area contributed by atoms with Crippen molar-refractivity contribution in [3.05, 3.63) is 203 Å². The summed E-state index contributed by atoms with van der Waals surface area (Å²) >= 11 is 0. The molecule has 0 saturated heterocycles. The van der Waals surface area contributed by atoms with Crippen molar-refractivity contribution in [1.29, 1.82) is 0 Å². The van der Waals surface area contributed by atoms with Crippen LogP contribution in [-0.2, 0) is 4.57 Å². The second kappa shape index (κ2) is 18.0. The van der Waals surface area contributed by atoms with Crippen molar-refractivity contribution in [3.8, 4) is 23.0 Å². The lowest BCUT2D eigenvalue weighted by atomic mass is 9.95. The lowest BCUT2D eigenvalue weighted by Crippen LogP contribution is -2.26. The second-order valence-electron chi connectivity index (χ2n) is 13.9. The molecule has 7 rings (SSSR count). The molecule has 0 spiro atoms. The predicted molar refractivity (Wildman–Crippen MR) is 235 cm³/mol. The minimum Gasteiger partial charge on any atom is -0.478 e. The molecule has 62 heavy (non-hydrogen) atoms. The van der Waals surface area contributed by atoms with Crippen LogP contribution in [-0.4, -0.2) is 46.8 Å². The summed E-state index contributed by atoms with van der Waals surface area (Å²) in [5, 5.41) is 26.0. The summed E-state index contributed by atoms with van der Waals surface area (Å²) in [5.74, 6) is -3.37. The van der Waals surface area contributed by atoms with Crippen LogP contribution >= 0.6 is 7.14 Å². The molecule has 7 aromatic rings. The van der Waals surface area contributed by atoms with Gasteiger partial charge in [0, 0.05) is 34.5 Å². The molecule has 0 saturated carbocycles. The highest BCUT2D eigenvalue weighted by atomic mass is 31.2. The number of hydrogen-bond donors (Lipinski definition) is 4. The van der Waals surface area contributed by atoms with Gasteiger partial charge in [-0.2, -0.15) is 0 Å². The zero-order valence-corrected chi connectivity index (χ0v) is 34.1.